The fourth-order valence-electron chi connectivity index (χ4n) is 4.11. The number of hydrogen-bond donors (Lipinski definition) is 1. The van der Waals surface area contributed by atoms with Gasteiger partial charge < -0.3 is 15.4 Å². The SMILES string of the molecule is Cc1cccc2c1N(C(=O)C(=O)N(C[C@@H]1CCCO1)c1ccc(N)cc1F)CC2. The maximum atomic E-state index is 14.6. The topological polar surface area (TPSA) is 75.9 Å². The molecule has 2 N–H and O–H groups in total. The first-order valence-corrected chi connectivity index (χ1v) is 9.84. The van der Waals surface area contributed by atoms with Crippen molar-refractivity contribution in [1.82, 2.24) is 0 Å². The number of para-hydroxylation sites is 1. The number of nitrogen functional groups attached to an aromatic ring is 1. The molecule has 1 saturated heterocycles. The van der Waals surface area contributed by atoms with E-state index in [1.54, 1.807) is 0 Å². The third-order valence-corrected chi connectivity index (χ3v) is 5.54. The molecule has 4 rings (SSSR count). The first-order valence-electron chi connectivity index (χ1n) is 9.84. The Bertz CT molecular complexity index is 956. The minimum absolute atomic E-state index is 0.0391. The molecule has 29 heavy (non-hydrogen) atoms. The van der Waals surface area contributed by atoms with Crippen LogP contribution in [0.3, 0.4) is 0 Å². The zero-order chi connectivity index (χ0) is 20.5. The predicted molar refractivity (Wildman–Crippen MR) is 109 cm³/mol. The number of carbonyl (C=O) groups is 2. The van der Waals surface area contributed by atoms with Gasteiger partial charge in [0.2, 0.25) is 0 Å². The number of rotatable bonds is 3. The normalized spacial score (nSPS) is 18.0. The molecule has 7 heteroatoms. The number of halogens is 1. The van der Waals surface area contributed by atoms with Crippen molar-refractivity contribution in [3.05, 3.63) is 53.3 Å². The van der Waals surface area contributed by atoms with E-state index in [0.717, 1.165) is 35.7 Å². The van der Waals surface area contributed by atoms with Gasteiger partial charge >= 0.3 is 11.8 Å². The lowest BCUT2D eigenvalue weighted by Gasteiger charge is -2.28. The summed E-state index contributed by atoms with van der Waals surface area (Å²) in [6.07, 6.45) is 2.11. The minimum atomic E-state index is -0.764. The van der Waals surface area contributed by atoms with E-state index in [2.05, 4.69) is 0 Å². The van der Waals surface area contributed by atoms with Crippen LogP contribution in [0.1, 0.15) is 24.0 Å². The number of ether oxygens (including phenoxy) is 1. The first kappa shape index (κ1) is 19.4. The number of benzene rings is 2. The Morgan fingerprint density at radius 1 is 1.31 bits per heavy atom. The second-order valence-electron chi connectivity index (χ2n) is 7.55. The van der Waals surface area contributed by atoms with Crippen LogP contribution in [0, 0.1) is 12.7 Å². The zero-order valence-electron chi connectivity index (χ0n) is 16.4. The van der Waals surface area contributed by atoms with Crippen LogP contribution in [-0.2, 0) is 20.7 Å². The van der Waals surface area contributed by atoms with Crippen LogP contribution in [0.25, 0.3) is 0 Å². The van der Waals surface area contributed by atoms with E-state index >= 15 is 0 Å². The van der Waals surface area contributed by atoms with E-state index in [4.69, 9.17) is 10.5 Å². The van der Waals surface area contributed by atoms with Crippen LogP contribution in [0.2, 0.25) is 0 Å². The molecule has 2 aromatic carbocycles. The molecule has 0 radical (unpaired) electrons. The Morgan fingerprint density at radius 2 is 2.14 bits per heavy atom. The molecule has 0 spiro atoms. The second kappa shape index (κ2) is 7.83. The molecule has 2 heterocycles. The molecular formula is C22H24FN3O3. The Labute approximate surface area is 169 Å². The smallest absolute Gasteiger partial charge is 0.317 e. The van der Waals surface area contributed by atoms with E-state index in [9.17, 15) is 14.0 Å². The highest BCUT2D eigenvalue weighted by atomic mass is 19.1. The number of nitrogens with zero attached hydrogens (tertiary/aromatic N) is 2. The van der Waals surface area contributed by atoms with Gasteiger partial charge in [0, 0.05) is 18.8 Å². The molecule has 2 amide bonds. The van der Waals surface area contributed by atoms with Crippen LogP contribution in [0.15, 0.2) is 36.4 Å². The Hall–Kier alpha value is -2.93. The van der Waals surface area contributed by atoms with Crippen molar-refractivity contribution >= 4 is 28.9 Å². The molecule has 0 saturated carbocycles. The third kappa shape index (κ3) is 3.70. The van der Waals surface area contributed by atoms with Crippen LogP contribution < -0.4 is 15.5 Å². The molecule has 2 aliphatic rings. The molecule has 0 aliphatic carbocycles. The lowest BCUT2D eigenvalue weighted by atomic mass is 10.1. The summed E-state index contributed by atoms with van der Waals surface area (Å²) in [6.45, 7) is 3.07. The molecule has 0 unspecified atom stereocenters. The summed E-state index contributed by atoms with van der Waals surface area (Å²) in [6, 6.07) is 9.94. The number of fused-ring (bicyclic) bond motifs is 1. The monoisotopic (exact) mass is 397 g/mol. The van der Waals surface area contributed by atoms with Crippen LogP contribution in [0.5, 0.6) is 0 Å². The van der Waals surface area contributed by atoms with E-state index in [1.807, 2.05) is 25.1 Å². The van der Waals surface area contributed by atoms with Gasteiger partial charge in [-0.3, -0.25) is 14.5 Å². The molecule has 6 nitrogen and oxygen atoms in total. The van der Waals surface area contributed by atoms with Gasteiger partial charge in [-0.25, -0.2) is 4.39 Å². The van der Waals surface area contributed by atoms with Gasteiger partial charge in [-0.1, -0.05) is 18.2 Å². The lowest BCUT2D eigenvalue weighted by Crippen LogP contribution is -2.48. The van der Waals surface area contributed by atoms with Gasteiger partial charge in [-0.15, -0.1) is 0 Å². The summed E-state index contributed by atoms with van der Waals surface area (Å²) in [5.74, 6) is -2.06. The largest absolute Gasteiger partial charge is 0.399 e. The summed E-state index contributed by atoms with van der Waals surface area (Å²) in [7, 11) is 0. The van der Waals surface area contributed by atoms with Crippen molar-refractivity contribution < 1.29 is 18.7 Å². The van der Waals surface area contributed by atoms with Gasteiger partial charge in [0.15, 0.2) is 0 Å². The van der Waals surface area contributed by atoms with E-state index < -0.39 is 17.6 Å². The number of carbonyl (C=O) groups excluding carboxylic acids is 2. The Balaban J connectivity index is 1.65. The van der Waals surface area contributed by atoms with Gasteiger partial charge in [-0.05, 0) is 55.5 Å². The third-order valence-electron chi connectivity index (χ3n) is 5.54. The first-order chi connectivity index (χ1) is 14.0. The highest BCUT2D eigenvalue weighted by Crippen LogP contribution is 2.32. The highest BCUT2D eigenvalue weighted by molar-refractivity contribution is 6.45. The van der Waals surface area contributed by atoms with Crippen LogP contribution in [-0.4, -0.2) is 37.6 Å². The predicted octanol–water partition coefficient (Wildman–Crippen LogP) is 2.82. The van der Waals surface area contributed by atoms with Crippen molar-refractivity contribution in [3.63, 3.8) is 0 Å². The standard InChI is InChI=1S/C22H24FN3O3/c1-14-4-2-5-15-9-10-25(20(14)15)21(27)22(28)26(13-17-6-3-11-29-17)19-8-7-16(24)12-18(19)23/h2,4-5,7-8,12,17H,3,6,9-11,13,24H2,1H3/t17-/m0/s1. The van der Waals surface area contributed by atoms with Crippen molar-refractivity contribution in [1.29, 1.82) is 0 Å². The molecule has 0 bridgehead atoms. The number of aryl methyl sites for hydroxylation is 1. The second-order valence-corrected chi connectivity index (χ2v) is 7.55. The lowest BCUT2D eigenvalue weighted by molar-refractivity contribution is -0.136. The Morgan fingerprint density at radius 3 is 2.86 bits per heavy atom. The van der Waals surface area contributed by atoms with Gasteiger partial charge in [-0.2, -0.15) is 0 Å². The number of nitrogens with two attached hydrogens (primary N) is 1. The molecule has 2 aliphatic heterocycles. The molecule has 1 fully saturated rings. The number of hydrogen-bond acceptors (Lipinski definition) is 4. The molecule has 152 valence electrons. The highest BCUT2D eigenvalue weighted by Gasteiger charge is 2.35. The molecule has 0 aromatic heterocycles. The van der Waals surface area contributed by atoms with Crippen molar-refractivity contribution in [2.45, 2.75) is 32.3 Å². The van der Waals surface area contributed by atoms with E-state index in [1.165, 1.54) is 21.9 Å². The summed E-state index contributed by atoms with van der Waals surface area (Å²) < 4.78 is 20.3. The average Bonchev–Trinajstić information content (AvgIpc) is 3.36. The summed E-state index contributed by atoms with van der Waals surface area (Å²) in [5.41, 5.74) is 8.70. The molecular weight excluding hydrogens is 373 g/mol. The van der Waals surface area contributed by atoms with E-state index in [-0.39, 0.29) is 24.0 Å². The fourth-order valence-corrected chi connectivity index (χ4v) is 4.11. The quantitative estimate of drug-likeness (QED) is 0.638. The number of amides is 2. The van der Waals surface area contributed by atoms with Crippen molar-refractivity contribution in [2.75, 3.05) is 35.2 Å². The zero-order valence-corrected chi connectivity index (χ0v) is 16.4. The van der Waals surface area contributed by atoms with Crippen molar-refractivity contribution in [3.8, 4) is 0 Å². The van der Waals surface area contributed by atoms with Crippen LogP contribution >= 0.6 is 0 Å². The summed E-state index contributed by atoms with van der Waals surface area (Å²) in [5, 5.41) is 0. The molecule has 1 atom stereocenters. The average molecular weight is 397 g/mol. The van der Waals surface area contributed by atoms with Crippen molar-refractivity contribution in [2.24, 2.45) is 0 Å². The maximum Gasteiger partial charge on any atom is 0.317 e. The number of anilines is 3. The Kier molecular flexibility index (Phi) is 5.24. The van der Waals surface area contributed by atoms with Gasteiger partial charge in [0.1, 0.15) is 5.82 Å². The van der Waals surface area contributed by atoms with Gasteiger partial charge in [0.05, 0.1) is 24.0 Å². The molecule has 2 aromatic rings. The maximum absolute atomic E-state index is 14.6. The van der Waals surface area contributed by atoms with Gasteiger partial charge in [0.25, 0.3) is 0 Å². The minimum Gasteiger partial charge on any atom is -0.399 e. The van der Waals surface area contributed by atoms with Crippen LogP contribution in [0.4, 0.5) is 21.5 Å². The van der Waals surface area contributed by atoms with E-state index in [0.29, 0.717) is 19.6 Å². The summed E-state index contributed by atoms with van der Waals surface area (Å²) in [4.78, 5) is 29.1. The summed E-state index contributed by atoms with van der Waals surface area (Å²) >= 11 is 0. The fraction of sp³-hybridized carbons (Fsp3) is 0.364.